The van der Waals surface area contributed by atoms with Gasteiger partial charge in [-0.3, -0.25) is 0 Å². The van der Waals surface area contributed by atoms with Gasteiger partial charge in [-0.1, -0.05) is 11.6 Å². The van der Waals surface area contributed by atoms with E-state index in [1.165, 1.54) is 12.8 Å². The Bertz CT molecular complexity index is 308. The summed E-state index contributed by atoms with van der Waals surface area (Å²) in [5, 5.41) is 3.95. The number of aryl methyl sites for hydroxylation is 1. The third kappa shape index (κ3) is 2.34. The molecule has 1 fully saturated rings. The van der Waals surface area contributed by atoms with Crippen LogP contribution in [0, 0.1) is 12.8 Å². The van der Waals surface area contributed by atoms with Crippen molar-refractivity contribution in [2.24, 2.45) is 5.92 Å². The lowest BCUT2D eigenvalue weighted by atomic mass is 10.3. The molecule has 2 rings (SSSR count). The van der Waals surface area contributed by atoms with Crippen molar-refractivity contribution in [1.82, 2.24) is 4.98 Å². The molecule has 0 atom stereocenters. The first-order chi connectivity index (χ1) is 6.25. The Morgan fingerprint density at radius 3 is 2.92 bits per heavy atom. The fourth-order valence-corrected chi connectivity index (χ4v) is 1.48. The van der Waals surface area contributed by atoms with Crippen LogP contribution in [-0.2, 0) is 0 Å². The topological polar surface area (TPSA) is 24.9 Å². The summed E-state index contributed by atoms with van der Waals surface area (Å²) in [5.41, 5.74) is 2.09. The van der Waals surface area contributed by atoms with Crippen molar-refractivity contribution in [2.75, 3.05) is 11.9 Å². The molecule has 1 aliphatic rings. The molecule has 1 heterocycles. The largest absolute Gasteiger partial charge is 0.383 e. The van der Waals surface area contributed by atoms with Crippen molar-refractivity contribution in [3.63, 3.8) is 0 Å². The van der Waals surface area contributed by atoms with Crippen LogP contribution in [0.4, 0.5) is 5.69 Å². The normalized spacial score (nSPS) is 15.8. The van der Waals surface area contributed by atoms with Crippen LogP contribution in [0.15, 0.2) is 12.1 Å². The van der Waals surface area contributed by atoms with E-state index < -0.39 is 0 Å². The van der Waals surface area contributed by atoms with Gasteiger partial charge < -0.3 is 5.32 Å². The van der Waals surface area contributed by atoms with Crippen LogP contribution in [0.5, 0.6) is 0 Å². The molecule has 13 heavy (non-hydrogen) atoms. The first-order valence-corrected chi connectivity index (χ1v) is 5.00. The third-order valence-corrected chi connectivity index (χ3v) is 2.54. The van der Waals surface area contributed by atoms with E-state index in [9.17, 15) is 0 Å². The van der Waals surface area contributed by atoms with E-state index in [1.807, 2.05) is 19.1 Å². The lowest BCUT2D eigenvalue weighted by Gasteiger charge is -2.07. The molecule has 1 N–H and O–H groups in total. The Morgan fingerprint density at radius 2 is 2.31 bits per heavy atom. The molecule has 0 amide bonds. The van der Waals surface area contributed by atoms with E-state index >= 15 is 0 Å². The minimum Gasteiger partial charge on any atom is -0.383 e. The van der Waals surface area contributed by atoms with Crippen LogP contribution in [0.25, 0.3) is 0 Å². The second-order valence-electron chi connectivity index (χ2n) is 3.59. The van der Waals surface area contributed by atoms with E-state index in [0.29, 0.717) is 5.15 Å². The van der Waals surface area contributed by atoms with Gasteiger partial charge >= 0.3 is 0 Å². The summed E-state index contributed by atoms with van der Waals surface area (Å²) in [6.07, 6.45) is 2.74. The van der Waals surface area contributed by atoms with E-state index in [0.717, 1.165) is 23.8 Å². The minimum atomic E-state index is 0.564. The van der Waals surface area contributed by atoms with E-state index in [4.69, 9.17) is 11.6 Å². The van der Waals surface area contributed by atoms with Gasteiger partial charge in [0.05, 0.1) is 11.4 Å². The van der Waals surface area contributed by atoms with Crippen LogP contribution in [0.1, 0.15) is 18.5 Å². The van der Waals surface area contributed by atoms with Crippen molar-refractivity contribution < 1.29 is 0 Å². The molecule has 1 aromatic heterocycles. The van der Waals surface area contributed by atoms with Crippen molar-refractivity contribution >= 4 is 17.3 Å². The summed E-state index contributed by atoms with van der Waals surface area (Å²) in [5.74, 6) is 0.884. The Hall–Kier alpha value is -0.760. The summed E-state index contributed by atoms with van der Waals surface area (Å²) in [7, 11) is 0. The number of hydrogen-bond donors (Lipinski definition) is 1. The standard InChI is InChI=1S/C10H13ClN2/c1-7-9(4-5-10(11)13-7)12-6-8-2-3-8/h4-5,8,12H,2-3,6H2,1H3. The SMILES string of the molecule is Cc1nc(Cl)ccc1NCC1CC1. The van der Waals surface area contributed by atoms with Gasteiger partial charge in [0.2, 0.25) is 0 Å². The predicted octanol–water partition coefficient (Wildman–Crippen LogP) is 2.87. The Kier molecular flexibility index (Phi) is 2.40. The summed E-state index contributed by atoms with van der Waals surface area (Å²) >= 11 is 5.75. The van der Waals surface area contributed by atoms with Crippen molar-refractivity contribution in [2.45, 2.75) is 19.8 Å². The second kappa shape index (κ2) is 3.54. The van der Waals surface area contributed by atoms with Crippen molar-refractivity contribution in [3.05, 3.63) is 23.0 Å². The van der Waals surface area contributed by atoms with Gasteiger partial charge in [0, 0.05) is 6.54 Å². The smallest absolute Gasteiger partial charge is 0.129 e. The number of hydrogen-bond acceptors (Lipinski definition) is 2. The van der Waals surface area contributed by atoms with Crippen LogP contribution in [0.3, 0.4) is 0 Å². The predicted molar refractivity (Wildman–Crippen MR) is 55.2 cm³/mol. The molecule has 0 spiro atoms. The molecular formula is C10H13ClN2. The molecular weight excluding hydrogens is 184 g/mol. The van der Waals surface area contributed by atoms with Gasteiger partial charge in [-0.05, 0) is 37.8 Å². The number of pyridine rings is 1. The summed E-state index contributed by atoms with van der Waals surface area (Å²) in [6.45, 7) is 3.05. The lowest BCUT2D eigenvalue weighted by molar-refractivity contribution is 0.886. The van der Waals surface area contributed by atoms with E-state index in [1.54, 1.807) is 0 Å². The first-order valence-electron chi connectivity index (χ1n) is 4.63. The van der Waals surface area contributed by atoms with Crippen LogP contribution < -0.4 is 5.32 Å². The molecule has 0 aromatic carbocycles. The van der Waals surface area contributed by atoms with Gasteiger partial charge in [-0.15, -0.1) is 0 Å². The molecule has 0 unspecified atom stereocenters. The molecule has 3 heteroatoms. The molecule has 0 saturated heterocycles. The minimum absolute atomic E-state index is 0.564. The maximum Gasteiger partial charge on any atom is 0.129 e. The Morgan fingerprint density at radius 1 is 1.54 bits per heavy atom. The number of aromatic nitrogens is 1. The molecule has 70 valence electrons. The van der Waals surface area contributed by atoms with E-state index in [2.05, 4.69) is 10.3 Å². The van der Waals surface area contributed by atoms with Gasteiger partial charge in [-0.25, -0.2) is 4.98 Å². The monoisotopic (exact) mass is 196 g/mol. The summed E-state index contributed by atoms with van der Waals surface area (Å²) in [6, 6.07) is 3.82. The number of anilines is 1. The average Bonchev–Trinajstić information content (AvgIpc) is 2.86. The molecule has 1 saturated carbocycles. The highest BCUT2D eigenvalue weighted by atomic mass is 35.5. The molecule has 1 aliphatic carbocycles. The highest BCUT2D eigenvalue weighted by Gasteiger charge is 2.20. The summed E-state index contributed by atoms with van der Waals surface area (Å²) in [4.78, 5) is 4.17. The number of rotatable bonds is 3. The Balaban J connectivity index is 2.01. The quantitative estimate of drug-likeness (QED) is 0.753. The van der Waals surface area contributed by atoms with Crippen molar-refractivity contribution in [3.8, 4) is 0 Å². The third-order valence-electron chi connectivity index (χ3n) is 2.33. The van der Waals surface area contributed by atoms with Gasteiger partial charge in [0.15, 0.2) is 0 Å². The first kappa shape index (κ1) is 8.82. The highest BCUT2D eigenvalue weighted by molar-refractivity contribution is 6.29. The summed E-state index contributed by atoms with van der Waals surface area (Å²) < 4.78 is 0. The Labute approximate surface area is 83.3 Å². The zero-order valence-corrected chi connectivity index (χ0v) is 8.43. The molecule has 1 aromatic rings. The second-order valence-corrected chi connectivity index (χ2v) is 3.98. The lowest BCUT2D eigenvalue weighted by Crippen LogP contribution is -2.05. The van der Waals surface area contributed by atoms with Crippen LogP contribution in [-0.4, -0.2) is 11.5 Å². The number of nitrogens with zero attached hydrogens (tertiary/aromatic N) is 1. The zero-order chi connectivity index (χ0) is 9.26. The fraction of sp³-hybridized carbons (Fsp3) is 0.500. The van der Waals surface area contributed by atoms with Gasteiger partial charge in [0.25, 0.3) is 0 Å². The molecule has 0 radical (unpaired) electrons. The number of halogens is 1. The van der Waals surface area contributed by atoms with Crippen LogP contribution >= 0.6 is 11.6 Å². The molecule has 0 aliphatic heterocycles. The molecule has 0 bridgehead atoms. The van der Waals surface area contributed by atoms with E-state index in [-0.39, 0.29) is 0 Å². The van der Waals surface area contributed by atoms with Crippen LogP contribution in [0.2, 0.25) is 5.15 Å². The zero-order valence-electron chi connectivity index (χ0n) is 7.68. The maximum atomic E-state index is 5.75. The molecule has 2 nitrogen and oxygen atoms in total. The van der Waals surface area contributed by atoms with Gasteiger partial charge in [0.1, 0.15) is 5.15 Å². The fourth-order valence-electron chi connectivity index (χ4n) is 1.29. The number of nitrogens with one attached hydrogen (secondary N) is 1. The average molecular weight is 197 g/mol. The van der Waals surface area contributed by atoms with Gasteiger partial charge in [-0.2, -0.15) is 0 Å². The highest BCUT2D eigenvalue weighted by Crippen LogP contribution is 2.29. The maximum absolute atomic E-state index is 5.75. The van der Waals surface area contributed by atoms with Crippen molar-refractivity contribution in [1.29, 1.82) is 0 Å².